The van der Waals surface area contributed by atoms with Crippen molar-refractivity contribution in [2.24, 2.45) is 0 Å². The lowest BCUT2D eigenvalue weighted by Crippen LogP contribution is -2.48. The smallest absolute Gasteiger partial charge is 0.264 e. The van der Waals surface area contributed by atoms with Crippen LogP contribution in [0.15, 0.2) is 18.2 Å². The molecule has 140 valence electrons. The predicted molar refractivity (Wildman–Crippen MR) is 89.8 cm³/mol. The van der Waals surface area contributed by atoms with E-state index >= 15 is 0 Å². The summed E-state index contributed by atoms with van der Waals surface area (Å²) in [6.07, 6.45) is 0.000601. The van der Waals surface area contributed by atoms with Crippen LogP contribution in [0, 0.1) is 6.92 Å². The van der Waals surface area contributed by atoms with E-state index in [9.17, 15) is 18.3 Å². The molecule has 2 atom stereocenters. The van der Waals surface area contributed by atoms with Crippen molar-refractivity contribution in [2.75, 3.05) is 19.5 Å². The van der Waals surface area contributed by atoms with Crippen molar-refractivity contribution in [3.05, 3.63) is 29.3 Å². The minimum absolute atomic E-state index is 0.00170. The van der Waals surface area contributed by atoms with Gasteiger partial charge in [0.25, 0.3) is 16.0 Å². The molecule has 1 aromatic carbocycles. The number of carbonyl (C=O) groups is 1. The Morgan fingerprint density at radius 3 is 2.60 bits per heavy atom. The van der Waals surface area contributed by atoms with Crippen LogP contribution >= 0.6 is 0 Å². The topological polar surface area (TPSA) is 111 Å². The summed E-state index contributed by atoms with van der Waals surface area (Å²) in [5.41, 5.74) is 0.703. The van der Waals surface area contributed by atoms with Crippen molar-refractivity contribution in [3.8, 4) is 5.75 Å². The molecular formula is C16H23NO7S. The van der Waals surface area contributed by atoms with Gasteiger partial charge in [-0.05, 0) is 32.9 Å². The summed E-state index contributed by atoms with van der Waals surface area (Å²) >= 11 is 0. The summed E-state index contributed by atoms with van der Waals surface area (Å²) in [5, 5.41) is 12.5. The Kier molecular flexibility index (Phi) is 5.72. The van der Waals surface area contributed by atoms with Gasteiger partial charge in [-0.2, -0.15) is 8.42 Å². The molecule has 1 aromatic rings. The molecule has 0 aromatic heterocycles. The number of ether oxygens (including phenoxy) is 2. The molecule has 0 aliphatic carbocycles. The Hall–Kier alpha value is -1.68. The molecule has 2 rings (SSSR count). The number of carbonyl (C=O) groups excluding carboxylic acids is 1. The first kappa shape index (κ1) is 19.6. The summed E-state index contributed by atoms with van der Waals surface area (Å²) < 4.78 is 39.2. The van der Waals surface area contributed by atoms with Crippen LogP contribution in [-0.2, 0) is 23.8 Å². The quantitative estimate of drug-likeness (QED) is 0.755. The van der Waals surface area contributed by atoms with Crippen LogP contribution in [0.25, 0.3) is 0 Å². The van der Waals surface area contributed by atoms with E-state index in [1.54, 1.807) is 32.9 Å². The van der Waals surface area contributed by atoms with E-state index in [0.29, 0.717) is 5.56 Å². The summed E-state index contributed by atoms with van der Waals surface area (Å²) in [4.78, 5) is 12.5. The zero-order chi connectivity index (χ0) is 18.8. The summed E-state index contributed by atoms with van der Waals surface area (Å²) in [6.45, 7) is 4.94. The fourth-order valence-electron chi connectivity index (χ4n) is 2.41. The molecule has 0 saturated carbocycles. The van der Waals surface area contributed by atoms with Gasteiger partial charge in [-0.3, -0.25) is 8.98 Å². The molecule has 0 bridgehead atoms. The van der Waals surface area contributed by atoms with Gasteiger partial charge in [-0.25, -0.2) is 0 Å². The van der Waals surface area contributed by atoms with Gasteiger partial charge < -0.3 is 19.9 Å². The lowest BCUT2D eigenvalue weighted by molar-refractivity contribution is -0.203. The van der Waals surface area contributed by atoms with Crippen molar-refractivity contribution >= 4 is 16.0 Å². The molecule has 0 radical (unpaired) electrons. The number of phenolic OH excluding ortho intramolecular Hbond substituents is 1. The maximum atomic E-state index is 12.5. The number of phenols is 1. The molecule has 1 heterocycles. The maximum Gasteiger partial charge on any atom is 0.264 e. The standard InChI is InChI=1S/C16H23NO7S/c1-10-11(6-5-7-13(10)18)15(19)17-12-8-22-16(2,3)23-9-14(12)24-25(4,20)21/h5-7,12,14,18H,8-9H2,1-4H3,(H,17,19). The van der Waals surface area contributed by atoms with Gasteiger partial charge in [-0.15, -0.1) is 0 Å². The number of aromatic hydroxyl groups is 1. The van der Waals surface area contributed by atoms with E-state index in [1.807, 2.05) is 0 Å². The van der Waals surface area contributed by atoms with E-state index < -0.39 is 34.0 Å². The Morgan fingerprint density at radius 2 is 1.96 bits per heavy atom. The Morgan fingerprint density at radius 1 is 1.32 bits per heavy atom. The second kappa shape index (κ2) is 7.28. The van der Waals surface area contributed by atoms with Crippen LogP contribution in [0.1, 0.15) is 29.8 Å². The number of amides is 1. The third kappa shape index (κ3) is 5.40. The molecule has 8 nitrogen and oxygen atoms in total. The average molecular weight is 373 g/mol. The molecule has 0 spiro atoms. The number of rotatable bonds is 4. The van der Waals surface area contributed by atoms with Crippen molar-refractivity contribution in [2.45, 2.75) is 38.7 Å². The predicted octanol–water partition coefficient (Wildman–Crippen LogP) is 0.927. The van der Waals surface area contributed by atoms with Crippen LogP contribution in [0.2, 0.25) is 0 Å². The highest BCUT2D eigenvalue weighted by atomic mass is 32.2. The Balaban J connectivity index is 2.22. The van der Waals surface area contributed by atoms with Gasteiger partial charge >= 0.3 is 0 Å². The molecule has 2 N–H and O–H groups in total. The third-order valence-electron chi connectivity index (χ3n) is 3.82. The van der Waals surface area contributed by atoms with Gasteiger partial charge in [-0.1, -0.05) is 6.07 Å². The van der Waals surface area contributed by atoms with Crippen LogP contribution in [0.3, 0.4) is 0 Å². The lowest BCUT2D eigenvalue weighted by atomic mass is 10.1. The summed E-state index contributed by atoms with van der Waals surface area (Å²) in [5.74, 6) is -1.40. The second-order valence-corrected chi connectivity index (χ2v) is 7.99. The highest BCUT2D eigenvalue weighted by Gasteiger charge is 2.36. The highest BCUT2D eigenvalue weighted by Crippen LogP contribution is 2.22. The van der Waals surface area contributed by atoms with Crippen molar-refractivity contribution in [1.29, 1.82) is 0 Å². The van der Waals surface area contributed by atoms with Crippen LogP contribution in [0.5, 0.6) is 5.75 Å². The number of hydrogen-bond acceptors (Lipinski definition) is 7. The molecule has 2 unspecified atom stereocenters. The number of nitrogens with one attached hydrogen (secondary N) is 1. The number of hydrogen-bond donors (Lipinski definition) is 2. The van der Waals surface area contributed by atoms with Crippen LogP contribution in [0.4, 0.5) is 0 Å². The van der Waals surface area contributed by atoms with E-state index in [4.69, 9.17) is 13.7 Å². The first-order chi connectivity index (χ1) is 11.5. The SMILES string of the molecule is Cc1c(O)cccc1C(=O)NC1COC(C)(C)OCC1OS(C)(=O)=O. The Labute approximate surface area is 147 Å². The maximum absolute atomic E-state index is 12.5. The largest absolute Gasteiger partial charge is 0.508 e. The van der Waals surface area contributed by atoms with Gasteiger partial charge in [0.05, 0.1) is 25.5 Å². The fourth-order valence-corrected chi connectivity index (χ4v) is 3.05. The van der Waals surface area contributed by atoms with Crippen LogP contribution in [-0.4, -0.2) is 56.8 Å². The summed E-state index contributed by atoms with van der Waals surface area (Å²) in [7, 11) is -3.75. The minimum Gasteiger partial charge on any atom is -0.508 e. The van der Waals surface area contributed by atoms with Crippen molar-refractivity contribution in [1.82, 2.24) is 5.32 Å². The van der Waals surface area contributed by atoms with Gasteiger partial charge in [0.15, 0.2) is 5.79 Å². The lowest BCUT2D eigenvalue weighted by Gasteiger charge is -2.24. The zero-order valence-electron chi connectivity index (χ0n) is 14.6. The van der Waals surface area contributed by atoms with E-state index in [0.717, 1.165) is 6.26 Å². The first-order valence-electron chi connectivity index (χ1n) is 7.74. The van der Waals surface area contributed by atoms with Crippen molar-refractivity contribution < 1.29 is 32.0 Å². The second-order valence-electron chi connectivity index (χ2n) is 6.39. The van der Waals surface area contributed by atoms with Crippen LogP contribution < -0.4 is 5.32 Å². The van der Waals surface area contributed by atoms with E-state index in [-0.39, 0.29) is 24.5 Å². The average Bonchev–Trinajstić information content (AvgIpc) is 2.61. The monoisotopic (exact) mass is 373 g/mol. The van der Waals surface area contributed by atoms with E-state index in [1.165, 1.54) is 6.07 Å². The molecule has 25 heavy (non-hydrogen) atoms. The van der Waals surface area contributed by atoms with Crippen molar-refractivity contribution in [3.63, 3.8) is 0 Å². The Bertz CT molecular complexity index is 745. The molecule has 1 aliphatic rings. The zero-order valence-corrected chi connectivity index (χ0v) is 15.4. The number of benzene rings is 1. The fraction of sp³-hybridized carbons (Fsp3) is 0.562. The minimum atomic E-state index is -3.75. The normalized spacial score (nSPS) is 23.7. The first-order valence-corrected chi connectivity index (χ1v) is 9.56. The molecular weight excluding hydrogens is 350 g/mol. The van der Waals surface area contributed by atoms with Gasteiger partial charge in [0, 0.05) is 11.1 Å². The van der Waals surface area contributed by atoms with Gasteiger partial charge in [0.1, 0.15) is 11.9 Å². The summed E-state index contributed by atoms with van der Waals surface area (Å²) in [6, 6.07) is 3.85. The third-order valence-corrected chi connectivity index (χ3v) is 4.42. The molecule has 1 fully saturated rings. The van der Waals surface area contributed by atoms with E-state index in [2.05, 4.69) is 5.32 Å². The molecule has 1 saturated heterocycles. The molecule has 1 amide bonds. The highest BCUT2D eigenvalue weighted by molar-refractivity contribution is 7.86. The molecule has 1 aliphatic heterocycles. The van der Waals surface area contributed by atoms with Gasteiger partial charge in [0.2, 0.25) is 0 Å². The molecule has 9 heteroatoms.